The molecule has 0 spiro atoms. The van der Waals surface area contributed by atoms with Crippen LogP contribution in [0.5, 0.6) is 0 Å². The van der Waals surface area contributed by atoms with Gasteiger partial charge in [-0.25, -0.2) is 0 Å². The number of aromatic nitrogens is 5. The SMILES string of the molecule is CN(Cc1nc(-c2cccnc2)no1)c1ccc(-c2ccccc2)nn1. The lowest BCUT2D eigenvalue weighted by molar-refractivity contribution is 0.378. The van der Waals surface area contributed by atoms with E-state index in [4.69, 9.17) is 4.52 Å². The highest BCUT2D eigenvalue weighted by molar-refractivity contribution is 5.59. The van der Waals surface area contributed by atoms with Crippen LogP contribution < -0.4 is 4.90 Å². The average Bonchev–Trinajstić information content (AvgIpc) is 3.18. The second kappa shape index (κ2) is 7.10. The summed E-state index contributed by atoms with van der Waals surface area (Å²) in [4.78, 5) is 10.4. The van der Waals surface area contributed by atoms with Gasteiger partial charge in [0.25, 0.3) is 0 Å². The Balaban J connectivity index is 1.47. The first-order valence-electron chi connectivity index (χ1n) is 8.13. The summed E-state index contributed by atoms with van der Waals surface area (Å²) < 4.78 is 5.33. The lowest BCUT2D eigenvalue weighted by Gasteiger charge is -2.14. The zero-order chi connectivity index (χ0) is 17.8. The molecule has 0 aliphatic heterocycles. The molecule has 26 heavy (non-hydrogen) atoms. The molecule has 0 aliphatic carbocycles. The molecule has 128 valence electrons. The summed E-state index contributed by atoms with van der Waals surface area (Å²) in [5, 5.41) is 12.6. The van der Waals surface area contributed by atoms with Crippen LogP contribution in [0.25, 0.3) is 22.6 Å². The molecule has 0 fully saturated rings. The van der Waals surface area contributed by atoms with Crippen molar-refractivity contribution in [2.24, 2.45) is 0 Å². The van der Waals surface area contributed by atoms with Crippen molar-refractivity contribution in [1.29, 1.82) is 0 Å². The monoisotopic (exact) mass is 344 g/mol. The fourth-order valence-electron chi connectivity index (χ4n) is 2.51. The maximum Gasteiger partial charge on any atom is 0.246 e. The fourth-order valence-corrected chi connectivity index (χ4v) is 2.51. The maximum absolute atomic E-state index is 5.33. The van der Waals surface area contributed by atoms with Crippen LogP contribution in [0.3, 0.4) is 0 Å². The molecular weight excluding hydrogens is 328 g/mol. The molecule has 0 radical (unpaired) electrons. The summed E-state index contributed by atoms with van der Waals surface area (Å²) in [7, 11) is 1.90. The summed E-state index contributed by atoms with van der Waals surface area (Å²) in [6.45, 7) is 0.437. The maximum atomic E-state index is 5.33. The van der Waals surface area contributed by atoms with E-state index in [9.17, 15) is 0 Å². The van der Waals surface area contributed by atoms with Crippen molar-refractivity contribution in [3.63, 3.8) is 0 Å². The number of rotatable bonds is 5. The number of nitrogens with zero attached hydrogens (tertiary/aromatic N) is 6. The van der Waals surface area contributed by atoms with Gasteiger partial charge in [-0.15, -0.1) is 10.2 Å². The first-order chi connectivity index (χ1) is 12.8. The predicted molar refractivity (Wildman–Crippen MR) is 97.1 cm³/mol. The molecule has 1 aromatic carbocycles. The van der Waals surface area contributed by atoms with E-state index in [-0.39, 0.29) is 0 Å². The van der Waals surface area contributed by atoms with Gasteiger partial charge in [-0.1, -0.05) is 35.5 Å². The van der Waals surface area contributed by atoms with Crippen molar-refractivity contribution in [2.75, 3.05) is 11.9 Å². The van der Waals surface area contributed by atoms with E-state index in [0.29, 0.717) is 18.3 Å². The van der Waals surface area contributed by atoms with Crippen LogP contribution in [-0.2, 0) is 6.54 Å². The van der Waals surface area contributed by atoms with E-state index in [1.807, 2.05) is 66.5 Å². The quantitative estimate of drug-likeness (QED) is 0.550. The summed E-state index contributed by atoms with van der Waals surface area (Å²) in [5.74, 6) is 1.75. The Hall–Kier alpha value is -3.61. The lowest BCUT2D eigenvalue weighted by Crippen LogP contribution is -2.18. The van der Waals surface area contributed by atoms with Gasteiger partial charge in [-0.3, -0.25) is 4.98 Å². The van der Waals surface area contributed by atoms with Crippen LogP contribution in [0.4, 0.5) is 5.82 Å². The van der Waals surface area contributed by atoms with Gasteiger partial charge >= 0.3 is 0 Å². The van der Waals surface area contributed by atoms with Gasteiger partial charge in [0.1, 0.15) is 0 Å². The van der Waals surface area contributed by atoms with E-state index in [0.717, 1.165) is 22.6 Å². The van der Waals surface area contributed by atoms with Crippen LogP contribution in [0.15, 0.2) is 71.5 Å². The standard InChI is InChI=1S/C19H16N6O/c1-25(13-18-21-19(24-26-18)15-8-5-11-20-12-15)17-10-9-16(22-23-17)14-6-3-2-4-7-14/h2-12H,13H2,1H3. The normalized spacial score (nSPS) is 10.7. The van der Waals surface area contributed by atoms with Gasteiger partial charge in [0.05, 0.1) is 12.2 Å². The lowest BCUT2D eigenvalue weighted by atomic mass is 10.1. The molecule has 0 N–H and O–H groups in total. The Morgan fingerprint density at radius 3 is 2.50 bits per heavy atom. The third-order valence-electron chi connectivity index (χ3n) is 3.87. The van der Waals surface area contributed by atoms with E-state index in [1.165, 1.54) is 0 Å². The Morgan fingerprint density at radius 1 is 0.923 bits per heavy atom. The highest BCUT2D eigenvalue weighted by atomic mass is 16.5. The minimum Gasteiger partial charge on any atom is -0.349 e. The van der Waals surface area contributed by atoms with Gasteiger partial charge < -0.3 is 9.42 Å². The molecule has 3 heterocycles. The Labute approximate surface area is 150 Å². The fraction of sp³-hybridized carbons (Fsp3) is 0.105. The third kappa shape index (κ3) is 3.41. The molecule has 0 saturated heterocycles. The molecule has 0 saturated carbocycles. The van der Waals surface area contributed by atoms with Crippen LogP contribution >= 0.6 is 0 Å². The molecule has 3 aromatic heterocycles. The van der Waals surface area contributed by atoms with E-state index in [1.54, 1.807) is 12.4 Å². The first-order valence-corrected chi connectivity index (χ1v) is 8.13. The number of pyridine rings is 1. The van der Waals surface area contributed by atoms with Gasteiger partial charge in [-0.05, 0) is 24.3 Å². The van der Waals surface area contributed by atoms with Crippen molar-refractivity contribution < 1.29 is 4.52 Å². The molecular formula is C19H16N6O. The van der Waals surface area contributed by atoms with Gasteiger partial charge in [0, 0.05) is 30.6 Å². The number of hydrogen-bond donors (Lipinski definition) is 0. The number of hydrogen-bond acceptors (Lipinski definition) is 7. The van der Waals surface area contributed by atoms with Crippen LogP contribution in [0.1, 0.15) is 5.89 Å². The third-order valence-corrected chi connectivity index (χ3v) is 3.87. The van der Waals surface area contributed by atoms with Crippen LogP contribution in [0, 0.1) is 0 Å². The zero-order valence-corrected chi connectivity index (χ0v) is 14.1. The Morgan fingerprint density at radius 2 is 1.77 bits per heavy atom. The summed E-state index contributed by atoms with van der Waals surface area (Å²) >= 11 is 0. The first kappa shape index (κ1) is 15.9. The summed E-state index contributed by atoms with van der Waals surface area (Å²) in [5.41, 5.74) is 2.68. The van der Waals surface area contributed by atoms with Crippen LogP contribution in [0.2, 0.25) is 0 Å². The second-order valence-corrected chi connectivity index (χ2v) is 5.75. The molecule has 0 unspecified atom stereocenters. The topological polar surface area (TPSA) is 80.8 Å². The summed E-state index contributed by atoms with van der Waals surface area (Å²) in [6, 6.07) is 17.5. The summed E-state index contributed by atoms with van der Waals surface area (Å²) in [6.07, 6.45) is 3.40. The second-order valence-electron chi connectivity index (χ2n) is 5.75. The van der Waals surface area contributed by atoms with Crippen LogP contribution in [-0.4, -0.2) is 32.4 Å². The van der Waals surface area contributed by atoms with Gasteiger partial charge in [0.15, 0.2) is 5.82 Å². The molecule has 7 nitrogen and oxygen atoms in total. The minimum atomic E-state index is 0.437. The van der Waals surface area contributed by atoms with E-state index < -0.39 is 0 Å². The van der Waals surface area contributed by atoms with Crippen molar-refractivity contribution in [3.05, 3.63) is 72.9 Å². The zero-order valence-electron chi connectivity index (χ0n) is 14.1. The Kier molecular flexibility index (Phi) is 4.34. The number of benzene rings is 1. The van der Waals surface area contributed by atoms with Crippen molar-refractivity contribution in [3.8, 4) is 22.6 Å². The van der Waals surface area contributed by atoms with Crippen molar-refractivity contribution in [1.82, 2.24) is 25.3 Å². The molecule has 0 atom stereocenters. The van der Waals surface area contributed by atoms with Gasteiger partial charge in [0.2, 0.25) is 11.7 Å². The Bertz CT molecular complexity index is 970. The van der Waals surface area contributed by atoms with Crippen molar-refractivity contribution >= 4 is 5.82 Å². The molecule has 0 amide bonds. The average molecular weight is 344 g/mol. The van der Waals surface area contributed by atoms with E-state index in [2.05, 4.69) is 25.3 Å². The smallest absolute Gasteiger partial charge is 0.246 e. The molecule has 0 aliphatic rings. The van der Waals surface area contributed by atoms with Gasteiger partial charge in [-0.2, -0.15) is 4.98 Å². The molecule has 4 rings (SSSR count). The molecule has 4 aromatic rings. The van der Waals surface area contributed by atoms with Crippen molar-refractivity contribution in [2.45, 2.75) is 6.54 Å². The molecule has 7 heteroatoms. The minimum absolute atomic E-state index is 0.437. The molecule has 0 bridgehead atoms. The highest BCUT2D eigenvalue weighted by Gasteiger charge is 2.12. The number of anilines is 1. The highest BCUT2D eigenvalue weighted by Crippen LogP contribution is 2.19. The largest absolute Gasteiger partial charge is 0.349 e. The predicted octanol–water partition coefficient (Wildman–Crippen LogP) is 3.23. The van der Waals surface area contributed by atoms with E-state index >= 15 is 0 Å².